The normalized spacial score (nSPS) is 14.9. The van der Waals surface area contributed by atoms with Crippen molar-refractivity contribution >= 4 is 27.5 Å². The molecule has 3 rings (SSSR count). The molecule has 2 aromatic rings. The minimum absolute atomic E-state index is 0.113. The summed E-state index contributed by atoms with van der Waals surface area (Å²) in [6.07, 6.45) is 6.93. The maximum absolute atomic E-state index is 13.6. The van der Waals surface area contributed by atoms with E-state index in [9.17, 15) is 18.0 Å². The van der Waals surface area contributed by atoms with E-state index in [4.69, 9.17) is 4.74 Å². The molecular formula is C30H43N3O5S. The summed E-state index contributed by atoms with van der Waals surface area (Å²) in [5, 5.41) is 3.14. The predicted molar refractivity (Wildman–Crippen MR) is 155 cm³/mol. The van der Waals surface area contributed by atoms with Crippen molar-refractivity contribution in [2.45, 2.75) is 84.3 Å². The van der Waals surface area contributed by atoms with Crippen molar-refractivity contribution in [3.63, 3.8) is 0 Å². The SMILES string of the molecule is COc1cccc(CN(C(=O)CCCN(c2cccc(C)c2C)S(C)(=O)=O)[C@H](C)C(=O)NC2CCCCC2)c1. The number of ether oxygens (including phenoxy) is 1. The summed E-state index contributed by atoms with van der Waals surface area (Å²) in [5.74, 6) is 0.321. The van der Waals surface area contributed by atoms with E-state index in [1.165, 1.54) is 17.0 Å². The fourth-order valence-corrected chi connectivity index (χ4v) is 6.12. The van der Waals surface area contributed by atoms with Crippen molar-refractivity contribution in [2.24, 2.45) is 0 Å². The minimum atomic E-state index is -3.55. The second kappa shape index (κ2) is 13.8. The van der Waals surface area contributed by atoms with Crippen LogP contribution in [0.2, 0.25) is 0 Å². The first-order valence-electron chi connectivity index (χ1n) is 13.8. The van der Waals surface area contributed by atoms with Gasteiger partial charge in [-0.3, -0.25) is 13.9 Å². The van der Waals surface area contributed by atoms with Gasteiger partial charge in [0.15, 0.2) is 0 Å². The van der Waals surface area contributed by atoms with E-state index in [1.54, 1.807) is 25.0 Å². The first kappa shape index (κ1) is 30.5. The van der Waals surface area contributed by atoms with E-state index >= 15 is 0 Å². The smallest absolute Gasteiger partial charge is 0.242 e. The van der Waals surface area contributed by atoms with E-state index in [0.717, 1.165) is 42.4 Å². The van der Waals surface area contributed by atoms with E-state index in [2.05, 4.69) is 5.32 Å². The summed E-state index contributed by atoms with van der Waals surface area (Å²) in [5.41, 5.74) is 3.37. The van der Waals surface area contributed by atoms with Crippen LogP contribution in [0.15, 0.2) is 42.5 Å². The summed E-state index contributed by atoms with van der Waals surface area (Å²) in [7, 11) is -1.96. The monoisotopic (exact) mass is 557 g/mol. The van der Waals surface area contributed by atoms with Gasteiger partial charge in [0.2, 0.25) is 21.8 Å². The average Bonchev–Trinajstić information content (AvgIpc) is 2.91. The largest absolute Gasteiger partial charge is 0.497 e. The molecule has 1 atom stereocenters. The molecule has 1 N–H and O–H groups in total. The van der Waals surface area contributed by atoms with Gasteiger partial charge < -0.3 is 15.0 Å². The van der Waals surface area contributed by atoms with Crippen molar-refractivity contribution in [1.82, 2.24) is 10.2 Å². The number of anilines is 1. The van der Waals surface area contributed by atoms with Gasteiger partial charge in [0.25, 0.3) is 0 Å². The molecule has 2 aromatic carbocycles. The lowest BCUT2D eigenvalue weighted by Crippen LogP contribution is -2.50. The Morgan fingerprint density at radius 3 is 2.44 bits per heavy atom. The predicted octanol–water partition coefficient (Wildman–Crippen LogP) is 4.72. The third-order valence-electron chi connectivity index (χ3n) is 7.60. The highest BCUT2D eigenvalue weighted by Crippen LogP contribution is 2.26. The van der Waals surface area contributed by atoms with Crippen LogP contribution in [0.25, 0.3) is 0 Å². The van der Waals surface area contributed by atoms with Crippen molar-refractivity contribution in [3.05, 3.63) is 59.2 Å². The minimum Gasteiger partial charge on any atom is -0.497 e. The average molecular weight is 558 g/mol. The topological polar surface area (TPSA) is 96.0 Å². The molecule has 2 amide bonds. The number of amides is 2. The van der Waals surface area contributed by atoms with Gasteiger partial charge in [0.05, 0.1) is 19.1 Å². The van der Waals surface area contributed by atoms with Crippen LogP contribution in [0.1, 0.15) is 68.6 Å². The number of carbonyl (C=O) groups excluding carboxylic acids is 2. The van der Waals surface area contributed by atoms with Crippen molar-refractivity contribution in [2.75, 3.05) is 24.2 Å². The molecule has 0 heterocycles. The van der Waals surface area contributed by atoms with Crippen LogP contribution in [0.4, 0.5) is 5.69 Å². The van der Waals surface area contributed by atoms with E-state index < -0.39 is 16.1 Å². The molecule has 1 saturated carbocycles. The molecule has 214 valence electrons. The Hall–Kier alpha value is -3.07. The molecular weight excluding hydrogens is 514 g/mol. The Labute approximate surface area is 233 Å². The zero-order valence-electron chi connectivity index (χ0n) is 23.9. The highest BCUT2D eigenvalue weighted by molar-refractivity contribution is 7.92. The number of nitrogens with zero attached hydrogens (tertiary/aromatic N) is 2. The van der Waals surface area contributed by atoms with Gasteiger partial charge in [-0.2, -0.15) is 0 Å². The molecule has 0 aromatic heterocycles. The fourth-order valence-electron chi connectivity index (χ4n) is 5.11. The van der Waals surface area contributed by atoms with Crippen molar-refractivity contribution < 1.29 is 22.7 Å². The third-order valence-corrected chi connectivity index (χ3v) is 8.78. The lowest BCUT2D eigenvalue weighted by atomic mass is 9.95. The van der Waals surface area contributed by atoms with Gasteiger partial charge in [-0.1, -0.05) is 43.5 Å². The molecule has 0 spiro atoms. The van der Waals surface area contributed by atoms with Gasteiger partial charge in [-0.05, 0) is 74.9 Å². The van der Waals surface area contributed by atoms with Gasteiger partial charge in [-0.25, -0.2) is 8.42 Å². The quantitative estimate of drug-likeness (QED) is 0.407. The van der Waals surface area contributed by atoms with Crippen LogP contribution in [0.3, 0.4) is 0 Å². The standard InChI is InChI=1S/C30H43N3O5S/c1-22-12-9-17-28(23(22)2)33(39(5,36)37)19-11-18-29(34)32(21-25-13-10-16-27(20-25)38-4)24(3)30(35)31-26-14-7-6-8-15-26/h9-10,12-13,16-17,20,24,26H,6-8,11,14-15,18-19,21H2,1-5H3,(H,31,35)/t24-/m1/s1. The van der Waals surface area contributed by atoms with Crippen LogP contribution in [-0.2, 0) is 26.2 Å². The van der Waals surface area contributed by atoms with Gasteiger partial charge in [-0.15, -0.1) is 0 Å². The number of nitrogens with one attached hydrogen (secondary N) is 1. The van der Waals surface area contributed by atoms with Crippen LogP contribution in [0.5, 0.6) is 5.75 Å². The van der Waals surface area contributed by atoms with Crippen molar-refractivity contribution in [1.29, 1.82) is 0 Å². The highest BCUT2D eigenvalue weighted by Gasteiger charge is 2.28. The number of benzene rings is 2. The zero-order chi connectivity index (χ0) is 28.6. The van der Waals surface area contributed by atoms with Crippen LogP contribution in [-0.4, -0.2) is 57.1 Å². The number of rotatable bonds is 12. The Morgan fingerprint density at radius 1 is 1.08 bits per heavy atom. The van der Waals surface area contributed by atoms with Gasteiger partial charge in [0, 0.05) is 25.6 Å². The van der Waals surface area contributed by atoms with Crippen LogP contribution in [0, 0.1) is 13.8 Å². The molecule has 1 aliphatic carbocycles. The Kier molecular flexibility index (Phi) is 10.8. The maximum atomic E-state index is 13.6. The summed E-state index contributed by atoms with van der Waals surface area (Å²) in [6.45, 7) is 6.03. The number of methoxy groups -OCH3 is 1. The number of carbonyl (C=O) groups is 2. The molecule has 1 aliphatic rings. The summed E-state index contributed by atoms with van der Waals surface area (Å²) >= 11 is 0. The summed E-state index contributed by atoms with van der Waals surface area (Å²) < 4.78 is 32.0. The molecule has 9 heteroatoms. The summed E-state index contributed by atoms with van der Waals surface area (Å²) in [4.78, 5) is 28.4. The Balaban J connectivity index is 1.75. The van der Waals surface area contributed by atoms with Gasteiger partial charge in [0.1, 0.15) is 11.8 Å². The molecule has 0 aliphatic heterocycles. The second-order valence-electron chi connectivity index (χ2n) is 10.6. The number of hydrogen-bond donors (Lipinski definition) is 1. The van der Waals surface area contributed by atoms with Crippen LogP contribution < -0.4 is 14.4 Å². The van der Waals surface area contributed by atoms with Crippen molar-refractivity contribution in [3.8, 4) is 5.75 Å². The van der Waals surface area contributed by atoms with Gasteiger partial charge >= 0.3 is 0 Å². The zero-order valence-corrected chi connectivity index (χ0v) is 24.7. The number of hydrogen-bond acceptors (Lipinski definition) is 5. The van der Waals surface area contributed by atoms with Crippen LogP contribution >= 0.6 is 0 Å². The molecule has 0 saturated heterocycles. The molecule has 39 heavy (non-hydrogen) atoms. The molecule has 8 nitrogen and oxygen atoms in total. The maximum Gasteiger partial charge on any atom is 0.242 e. The lowest BCUT2D eigenvalue weighted by Gasteiger charge is -2.31. The highest BCUT2D eigenvalue weighted by atomic mass is 32.2. The van der Waals surface area contributed by atoms with E-state index in [1.807, 2.05) is 50.2 Å². The van der Waals surface area contributed by atoms with E-state index in [0.29, 0.717) is 17.9 Å². The Morgan fingerprint density at radius 2 is 1.77 bits per heavy atom. The first-order valence-corrected chi connectivity index (χ1v) is 15.6. The molecule has 0 bridgehead atoms. The first-order chi connectivity index (χ1) is 18.5. The lowest BCUT2D eigenvalue weighted by molar-refractivity contribution is -0.141. The number of aryl methyl sites for hydroxylation is 1. The summed E-state index contributed by atoms with van der Waals surface area (Å²) in [6, 6.07) is 12.5. The van der Waals surface area contributed by atoms with E-state index in [-0.39, 0.29) is 37.4 Å². The second-order valence-corrected chi connectivity index (χ2v) is 12.5. The fraction of sp³-hybridized carbons (Fsp3) is 0.533. The Bertz CT molecular complexity index is 1240. The molecule has 0 radical (unpaired) electrons. The number of sulfonamides is 1. The molecule has 0 unspecified atom stereocenters. The third kappa shape index (κ3) is 8.46. The molecule has 1 fully saturated rings.